The Bertz CT molecular complexity index is 738. The second-order valence-electron chi connectivity index (χ2n) is 6.08. The molecular formula is C18H22N4O3. The van der Waals surface area contributed by atoms with E-state index in [9.17, 15) is 4.79 Å². The summed E-state index contributed by atoms with van der Waals surface area (Å²) >= 11 is 0. The number of likely N-dealkylation sites (tertiary alicyclic amines) is 1. The molecule has 1 aliphatic heterocycles. The quantitative estimate of drug-likeness (QED) is 0.863. The summed E-state index contributed by atoms with van der Waals surface area (Å²) in [6.45, 7) is 1.90. The summed E-state index contributed by atoms with van der Waals surface area (Å²) in [7, 11) is 1.60. The van der Waals surface area contributed by atoms with Crippen LogP contribution in [0.25, 0.3) is 0 Å². The van der Waals surface area contributed by atoms with Crippen LogP contribution in [0.2, 0.25) is 0 Å². The van der Waals surface area contributed by atoms with Crippen molar-refractivity contribution >= 4 is 5.91 Å². The lowest BCUT2D eigenvalue weighted by Gasteiger charge is -2.31. The van der Waals surface area contributed by atoms with Crippen molar-refractivity contribution in [2.45, 2.75) is 18.8 Å². The number of aromatic nitrogens is 2. The van der Waals surface area contributed by atoms with Crippen LogP contribution in [0.1, 0.15) is 24.5 Å². The van der Waals surface area contributed by atoms with E-state index in [4.69, 9.17) is 15.2 Å². The molecule has 2 aromatic rings. The lowest BCUT2D eigenvalue weighted by molar-refractivity contribution is -0.119. The number of carbonyl (C=O) groups excluding carboxylic acids is 1. The Kier molecular flexibility index (Phi) is 5.45. The summed E-state index contributed by atoms with van der Waals surface area (Å²) in [5.41, 5.74) is 6.17. The summed E-state index contributed by atoms with van der Waals surface area (Å²) in [4.78, 5) is 22.1. The van der Waals surface area contributed by atoms with E-state index in [1.54, 1.807) is 19.5 Å². The predicted molar refractivity (Wildman–Crippen MR) is 92.7 cm³/mol. The van der Waals surface area contributed by atoms with Gasteiger partial charge >= 0.3 is 0 Å². The van der Waals surface area contributed by atoms with Gasteiger partial charge in [0.15, 0.2) is 11.5 Å². The number of nitrogens with zero attached hydrogens (tertiary/aromatic N) is 3. The zero-order valence-electron chi connectivity index (χ0n) is 14.2. The second kappa shape index (κ2) is 7.94. The van der Waals surface area contributed by atoms with Crippen LogP contribution < -0.4 is 15.2 Å². The molecule has 0 radical (unpaired) electrons. The smallest absolute Gasteiger partial charge is 0.238 e. The molecule has 0 spiro atoms. The van der Waals surface area contributed by atoms with Crippen molar-refractivity contribution in [3.8, 4) is 17.4 Å². The first-order chi connectivity index (χ1) is 12.2. The second-order valence-corrected chi connectivity index (χ2v) is 6.08. The molecule has 0 saturated carbocycles. The van der Waals surface area contributed by atoms with Crippen LogP contribution in [-0.2, 0) is 4.79 Å². The predicted octanol–water partition coefficient (Wildman–Crippen LogP) is 1.94. The normalized spacial score (nSPS) is 17.9. The molecular weight excluding hydrogens is 320 g/mol. The van der Waals surface area contributed by atoms with Crippen LogP contribution in [0.3, 0.4) is 0 Å². The maximum Gasteiger partial charge on any atom is 0.238 e. The van der Waals surface area contributed by atoms with Crippen molar-refractivity contribution in [2.75, 3.05) is 26.7 Å². The third-order valence-electron chi connectivity index (χ3n) is 4.22. The number of hydrogen-bond donors (Lipinski definition) is 1. The number of ether oxygens (including phenoxy) is 2. The van der Waals surface area contributed by atoms with Crippen molar-refractivity contribution in [3.05, 3.63) is 42.4 Å². The van der Waals surface area contributed by atoms with Gasteiger partial charge in [-0.05, 0) is 31.5 Å². The SMILES string of the molecule is COc1ccccc1Oc1cncc([C@H]2CCCN(CC(N)=O)C2)n1. The fourth-order valence-corrected chi connectivity index (χ4v) is 3.08. The Labute approximate surface area is 146 Å². The van der Waals surface area contributed by atoms with Gasteiger partial charge in [-0.15, -0.1) is 0 Å². The minimum atomic E-state index is -0.306. The standard InChI is InChI=1S/C18H22N4O3/c1-24-15-6-2-3-7-16(15)25-18-10-20-9-14(21-18)13-5-4-8-22(11-13)12-17(19)23/h2-3,6-7,9-10,13H,4-5,8,11-12H2,1H3,(H2,19,23)/t13-/m0/s1. The van der Waals surface area contributed by atoms with Crippen molar-refractivity contribution in [3.63, 3.8) is 0 Å². The molecule has 0 unspecified atom stereocenters. The average molecular weight is 342 g/mol. The summed E-state index contributed by atoms with van der Waals surface area (Å²) in [6.07, 6.45) is 5.34. The summed E-state index contributed by atoms with van der Waals surface area (Å²) < 4.78 is 11.1. The van der Waals surface area contributed by atoms with Gasteiger partial charge in [-0.1, -0.05) is 12.1 Å². The van der Waals surface area contributed by atoms with Gasteiger partial charge in [0.25, 0.3) is 0 Å². The topological polar surface area (TPSA) is 90.6 Å². The molecule has 1 aromatic heterocycles. The molecule has 3 rings (SSSR count). The van der Waals surface area contributed by atoms with E-state index in [1.165, 1.54) is 0 Å². The minimum absolute atomic E-state index is 0.210. The molecule has 7 heteroatoms. The first-order valence-corrected chi connectivity index (χ1v) is 8.29. The molecule has 1 atom stereocenters. The van der Waals surface area contributed by atoms with E-state index in [0.29, 0.717) is 17.4 Å². The van der Waals surface area contributed by atoms with E-state index in [0.717, 1.165) is 31.6 Å². The molecule has 1 saturated heterocycles. The molecule has 1 fully saturated rings. The largest absolute Gasteiger partial charge is 0.493 e. The van der Waals surface area contributed by atoms with Gasteiger partial charge in [-0.25, -0.2) is 4.98 Å². The zero-order valence-corrected chi connectivity index (χ0v) is 14.2. The van der Waals surface area contributed by atoms with E-state index < -0.39 is 0 Å². The molecule has 0 aliphatic carbocycles. The molecule has 1 aliphatic rings. The average Bonchev–Trinajstić information content (AvgIpc) is 2.62. The van der Waals surface area contributed by atoms with Gasteiger partial charge in [0.2, 0.25) is 11.8 Å². The summed E-state index contributed by atoms with van der Waals surface area (Å²) in [5.74, 6) is 1.56. The fraction of sp³-hybridized carbons (Fsp3) is 0.389. The number of rotatable bonds is 6. The highest BCUT2D eigenvalue weighted by Crippen LogP contribution is 2.31. The Balaban J connectivity index is 1.74. The van der Waals surface area contributed by atoms with Gasteiger partial charge in [0.1, 0.15) is 0 Å². The van der Waals surface area contributed by atoms with Crippen molar-refractivity contribution < 1.29 is 14.3 Å². The number of primary amides is 1. The lowest BCUT2D eigenvalue weighted by Crippen LogP contribution is -2.40. The van der Waals surface area contributed by atoms with Crippen LogP contribution in [0.15, 0.2) is 36.7 Å². The van der Waals surface area contributed by atoms with Gasteiger partial charge in [0.05, 0.1) is 25.5 Å². The van der Waals surface area contributed by atoms with Crippen LogP contribution in [0.5, 0.6) is 17.4 Å². The van der Waals surface area contributed by atoms with Crippen molar-refractivity contribution in [1.82, 2.24) is 14.9 Å². The van der Waals surface area contributed by atoms with E-state index >= 15 is 0 Å². The third-order valence-corrected chi connectivity index (χ3v) is 4.22. The first kappa shape index (κ1) is 17.2. The van der Waals surface area contributed by atoms with Crippen LogP contribution >= 0.6 is 0 Å². The van der Waals surface area contributed by atoms with Gasteiger partial charge < -0.3 is 15.2 Å². The molecule has 2 heterocycles. The monoisotopic (exact) mass is 342 g/mol. The van der Waals surface area contributed by atoms with E-state index in [-0.39, 0.29) is 18.4 Å². The Morgan fingerprint density at radius 1 is 1.32 bits per heavy atom. The number of benzene rings is 1. The van der Waals surface area contributed by atoms with Crippen molar-refractivity contribution in [2.24, 2.45) is 5.73 Å². The molecule has 7 nitrogen and oxygen atoms in total. The highest BCUT2D eigenvalue weighted by atomic mass is 16.5. The van der Waals surface area contributed by atoms with Crippen molar-refractivity contribution in [1.29, 1.82) is 0 Å². The molecule has 2 N–H and O–H groups in total. The Hall–Kier alpha value is -2.67. The number of para-hydroxylation sites is 2. The van der Waals surface area contributed by atoms with Crippen LogP contribution in [0.4, 0.5) is 0 Å². The number of nitrogens with two attached hydrogens (primary N) is 1. The van der Waals surface area contributed by atoms with E-state index in [1.807, 2.05) is 24.3 Å². The zero-order chi connectivity index (χ0) is 17.6. The Morgan fingerprint density at radius 3 is 2.88 bits per heavy atom. The minimum Gasteiger partial charge on any atom is -0.493 e. The third kappa shape index (κ3) is 4.45. The lowest BCUT2D eigenvalue weighted by atomic mass is 9.95. The number of methoxy groups -OCH3 is 1. The number of amides is 1. The van der Waals surface area contributed by atoms with Crippen LogP contribution in [0, 0.1) is 0 Å². The molecule has 0 bridgehead atoms. The highest BCUT2D eigenvalue weighted by molar-refractivity contribution is 5.75. The highest BCUT2D eigenvalue weighted by Gasteiger charge is 2.24. The van der Waals surface area contributed by atoms with Gasteiger partial charge in [-0.2, -0.15) is 0 Å². The molecule has 25 heavy (non-hydrogen) atoms. The molecule has 1 amide bonds. The first-order valence-electron chi connectivity index (χ1n) is 8.29. The number of carbonyl (C=O) groups is 1. The van der Waals surface area contributed by atoms with E-state index in [2.05, 4.69) is 14.9 Å². The fourth-order valence-electron chi connectivity index (χ4n) is 3.08. The van der Waals surface area contributed by atoms with Gasteiger partial charge in [0, 0.05) is 18.7 Å². The molecule has 132 valence electrons. The maximum absolute atomic E-state index is 11.1. The van der Waals surface area contributed by atoms with Crippen LogP contribution in [-0.4, -0.2) is 47.5 Å². The number of hydrogen-bond acceptors (Lipinski definition) is 6. The summed E-state index contributed by atoms with van der Waals surface area (Å²) in [6, 6.07) is 7.40. The summed E-state index contributed by atoms with van der Waals surface area (Å²) in [5, 5.41) is 0. The number of piperidine rings is 1. The maximum atomic E-state index is 11.1. The molecule has 1 aromatic carbocycles. The van der Waals surface area contributed by atoms with Gasteiger partial charge in [-0.3, -0.25) is 14.7 Å². The Morgan fingerprint density at radius 2 is 2.12 bits per heavy atom.